The van der Waals surface area contributed by atoms with E-state index >= 15 is 0 Å². The van der Waals surface area contributed by atoms with Gasteiger partial charge in [-0.25, -0.2) is 9.97 Å². The fourth-order valence-corrected chi connectivity index (χ4v) is 4.09. The molecular formula is C21H24ClN7O. The average Bonchev–Trinajstić information content (AvgIpc) is 3.27. The van der Waals surface area contributed by atoms with Gasteiger partial charge in [0.25, 0.3) is 5.91 Å². The Balaban J connectivity index is 1.60. The molecule has 1 saturated heterocycles. The summed E-state index contributed by atoms with van der Waals surface area (Å²) in [6.45, 7) is 5.42. The Kier molecular flexibility index (Phi) is 5.94. The monoisotopic (exact) mass is 425 g/mol. The Morgan fingerprint density at radius 3 is 2.70 bits per heavy atom. The second-order valence-electron chi connectivity index (χ2n) is 7.58. The van der Waals surface area contributed by atoms with E-state index in [9.17, 15) is 4.79 Å². The Morgan fingerprint density at radius 2 is 1.97 bits per heavy atom. The van der Waals surface area contributed by atoms with Gasteiger partial charge in [0, 0.05) is 13.1 Å². The summed E-state index contributed by atoms with van der Waals surface area (Å²) in [5.41, 5.74) is 2.28. The maximum atomic E-state index is 13.7. The van der Waals surface area contributed by atoms with E-state index in [0.29, 0.717) is 35.5 Å². The minimum atomic E-state index is -0.0126. The van der Waals surface area contributed by atoms with Gasteiger partial charge in [-0.1, -0.05) is 30.7 Å². The molecule has 1 fully saturated rings. The number of para-hydroxylation sites is 1. The highest BCUT2D eigenvalue weighted by atomic mass is 35.5. The first kappa shape index (κ1) is 20.3. The molecule has 1 aliphatic rings. The number of amides is 1. The Labute approximate surface area is 180 Å². The predicted octanol–water partition coefficient (Wildman–Crippen LogP) is 3.37. The number of hydrogen-bond acceptors (Lipinski definition) is 6. The van der Waals surface area contributed by atoms with Crippen molar-refractivity contribution in [2.45, 2.75) is 32.7 Å². The van der Waals surface area contributed by atoms with Crippen molar-refractivity contribution < 1.29 is 4.79 Å². The highest BCUT2D eigenvalue weighted by Gasteiger charge is 2.33. The molecule has 0 saturated carbocycles. The smallest absolute Gasteiger partial charge is 0.256 e. The van der Waals surface area contributed by atoms with Crippen molar-refractivity contribution >= 4 is 23.5 Å². The Hall–Kier alpha value is -3.00. The number of piperidine rings is 1. The van der Waals surface area contributed by atoms with Crippen LogP contribution < -0.4 is 5.32 Å². The number of anilines is 1. The van der Waals surface area contributed by atoms with Crippen LogP contribution >= 0.6 is 11.6 Å². The summed E-state index contributed by atoms with van der Waals surface area (Å²) in [6, 6.07) is 5.73. The van der Waals surface area contributed by atoms with E-state index in [1.54, 1.807) is 24.8 Å². The third kappa shape index (κ3) is 4.14. The summed E-state index contributed by atoms with van der Waals surface area (Å²) >= 11 is 5.87. The van der Waals surface area contributed by atoms with Crippen LogP contribution in [0.25, 0.3) is 5.69 Å². The van der Waals surface area contributed by atoms with Crippen LogP contribution in [0.3, 0.4) is 0 Å². The van der Waals surface area contributed by atoms with E-state index < -0.39 is 0 Å². The summed E-state index contributed by atoms with van der Waals surface area (Å²) in [5, 5.41) is 12.2. The SMILES string of the molecule is Cc1cccc(C(=O)N2CCCC(C)C2CNc2ncc(Cl)cn2)c1-n1nccn1. The lowest BCUT2D eigenvalue weighted by molar-refractivity contribution is 0.0539. The second kappa shape index (κ2) is 8.79. The number of carbonyl (C=O) groups excluding carboxylic acids is 1. The molecule has 156 valence electrons. The molecule has 1 aromatic carbocycles. The topological polar surface area (TPSA) is 88.8 Å². The minimum Gasteiger partial charge on any atom is -0.352 e. The molecule has 2 atom stereocenters. The van der Waals surface area contributed by atoms with E-state index in [-0.39, 0.29) is 11.9 Å². The van der Waals surface area contributed by atoms with Crippen molar-refractivity contribution in [3.05, 3.63) is 59.1 Å². The van der Waals surface area contributed by atoms with Crippen LogP contribution in [0.2, 0.25) is 5.02 Å². The van der Waals surface area contributed by atoms with Gasteiger partial charge in [-0.2, -0.15) is 15.0 Å². The first-order chi connectivity index (χ1) is 14.5. The molecular weight excluding hydrogens is 402 g/mol. The van der Waals surface area contributed by atoms with Crippen molar-refractivity contribution in [1.82, 2.24) is 29.9 Å². The van der Waals surface area contributed by atoms with Crippen LogP contribution in [0.15, 0.2) is 43.0 Å². The number of halogens is 1. The minimum absolute atomic E-state index is 0.0126. The molecule has 3 heterocycles. The number of likely N-dealkylation sites (tertiary alicyclic amines) is 1. The van der Waals surface area contributed by atoms with Gasteiger partial charge in [-0.05, 0) is 37.3 Å². The van der Waals surface area contributed by atoms with Crippen molar-refractivity contribution in [2.24, 2.45) is 5.92 Å². The molecule has 0 radical (unpaired) electrons. The molecule has 4 rings (SSSR count). The Morgan fingerprint density at radius 1 is 1.23 bits per heavy atom. The van der Waals surface area contributed by atoms with Crippen LogP contribution in [0.5, 0.6) is 0 Å². The molecule has 1 aliphatic heterocycles. The van der Waals surface area contributed by atoms with Crippen LogP contribution in [0.4, 0.5) is 5.95 Å². The van der Waals surface area contributed by atoms with Gasteiger partial charge in [0.1, 0.15) is 5.69 Å². The zero-order valence-electron chi connectivity index (χ0n) is 17.0. The lowest BCUT2D eigenvalue weighted by Crippen LogP contribution is -2.51. The third-order valence-electron chi connectivity index (χ3n) is 5.55. The summed E-state index contributed by atoms with van der Waals surface area (Å²) in [4.78, 5) is 25.5. The number of benzene rings is 1. The van der Waals surface area contributed by atoms with Crippen LogP contribution in [0, 0.1) is 12.8 Å². The van der Waals surface area contributed by atoms with E-state index in [1.165, 1.54) is 4.80 Å². The molecule has 8 nitrogen and oxygen atoms in total. The maximum absolute atomic E-state index is 13.7. The van der Waals surface area contributed by atoms with Gasteiger partial charge in [-0.3, -0.25) is 4.79 Å². The second-order valence-corrected chi connectivity index (χ2v) is 8.02. The number of hydrogen-bond donors (Lipinski definition) is 1. The molecule has 1 amide bonds. The summed E-state index contributed by atoms with van der Waals surface area (Å²) in [5.74, 6) is 0.835. The van der Waals surface area contributed by atoms with Crippen LogP contribution in [0.1, 0.15) is 35.7 Å². The normalized spacial score (nSPS) is 19.0. The third-order valence-corrected chi connectivity index (χ3v) is 5.75. The molecule has 1 N–H and O–H groups in total. The number of carbonyl (C=O) groups is 1. The summed E-state index contributed by atoms with van der Waals surface area (Å²) in [6.07, 6.45) is 8.38. The zero-order valence-corrected chi connectivity index (χ0v) is 17.8. The fourth-order valence-electron chi connectivity index (χ4n) is 3.99. The summed E-state index contributed by atoms with van der Waals surface area (Å²) < 4.78 is 0. The number of nitrogens with zero attached hydrogens (tertiary/aromatic N) is 6. The first-order valence-electron chi connectivity index (χ1n) is 10.0. The number of aryl methyl sites for hydroxylation is 1. The lowest BCUT2D eigenvalue weighted by atomic mass is 9.89. The average molecular weight is 426 g/mol. The van der Waals surface area contributed by atoms with Gasteiger partial charge < -0.3 is 10.2 Å². The fraction of sp³-hybridized carbons (Fsp3) is 0.381. The summed E-state index contributed by atoms with van der Waals surface area (Å²) in [7, 11) is 0. The van der Waals surface area contributed by atoms with Crippen molar-refractivity contribution in [3.63, 3.8) is 0 Å². The number of aromatic nitrogens is 5. The van der Waals surface area contributed by atoms with Crippen LogP contribution in [-0.2, 0) is 0 Å². The highest BCUT2D eigenvalue weighted by Crippen LogP contribution is 2.27. The zero-order chi connectivity index (χ0) is 21.1. The molecule has 0 aliphatic carbocycles. The lowest BCUT2D eigenvalue weighted by Gasteiger charge is -2.40. The van der Waals surface area contributed by atoms with E-state index in [0.717, 1.165) is 24.1 Å². The van der Waals surface area contributed by atoms with E-state index in [2.05, 4.69) is 32.4 Å². The molecule has 2 aromatic heterocycles. The number of nitrogens with one attached hydrogen (secondary N) is 1. The quantitative estimate of drug-likeness (QED) is 0.674. The molecule has 9 heteroatoms. The standard InChI is InChI=1S/C21H24ClN7O/c1-14-6-4-10-28(18(14)13-25-21-23-11-16(22)12-24-21)20(30)17-7-3-5-15(2)19(17)29-26-8-9-27-29/h3,5,7-9,11-12,14,18H,4,6,10,13H2,1-2H3,(H,23,24,25). The highest BCUT2D eigenvalue weighted by molar-refractivity contribution is 6.30. The van der Waals surface area contributed by atoms with Gasteiger partial charge in [-0.15, -0.1) is 0 Å². The molecule has 2 unspecified atom stereocenters. The van der Waals surface area contributed by atoms with Crippen molar-refractivity contribution in [3.8, 4) is 5.69 Å². The van der Waals surface area contributed by atoms with E-state index in [1.807, 2.05) is 30.0 Å². The van der Waals surface area contributed by atoms with Gasteiger partial charge in [0.15, 0.2) is 0 Å². The van der Waals surface area contributed by atoms with E-state index in [4.69, 9.17) is 11.6 Å². The Bertz CT molecular complexity index is 1010. The predicted molar refractivity (Wildman–Crippen MR) is 115 cm³/mol. The van der Waals surface area contributed by atoms with Crippen molar-refractivity contribution in [2.75, 3.05) is 18.4 Å². The molecule has 0 bridgehead atoms. The van der Waals surface area contributed by atoms with Gasteiger partial charge in [0.2, 0.25) is 5.95 Å². The molecule has 0 spiro atoms. The maximum Gasteiger partial charge on any atom is 0.256 e. The largest absolute Gasteiger partial charge is 0.352 e. The molecule has 30 heavy (non-hydrogen) atoms. The van der Waals surface area contributed by atoms with Gasteiger partial charge in [0.05, 0.1) is 41.4 Å². The number of rotatable bonds is 5. The van der Waals surface area contributed by atoms with Crippen molar-refractivity contribution in [1.29, 1.82) is 0 Å². The van der Waals surface area contributed by atoms with Gasteiger partial charge >= 0.3 is 0 Å². The molecule has 3 aromatic rings. The van der Waals surface area contributed by atoms with Crippen LogP contribution in [-0.4, -0.2) is 54.9 Å². The first-order valence-corrected chi connectivity index (χ1v) is 10.4.